The summed E-state index contributed by atoms with van der Waals surface area (Å²) in [5.41, 5.74) is 1.30. The molecule has 0 aliphatic carbocycles. The molecule has 0 spiro atoms. The summed E-state index contributed by atoms with van der Waals surface area (Å²) in [7, 11) is -2.95. The Bertz CT molecular complexity index is 644. The Morgan fingerprint density at radius 2 is 2.00 bits per heavy atom. The Balaban J connectivity index is 1.79. The normalized spacial score (nSPS) is 25.2. The lowest BCUT2D eigenvalue weighted by atomic mass is 10.1. The van der Waals surface area contributed by atoms with Crippen LogP contribution in [0.3, 0.4) is 0 Å². The van der Waals surface area contributed by atoms with Crippen LogP contribution in [0.2, 0.25) is 0 Å². The van der Waals surface area contributed by atoms with E-state index in [0.717, 1.165) is 31.6 Å². The molecule has 2 aliphatic rings. The Kier molecular flexibility index (Phi) is 3.77. The molecule has 3 heterocycles. The quantitative estimate of drug-likeness (QED) is 0.822. The maximum Gasteiger partial charge on any atom is 0.274 e. The van der Waals surface area contributed by atoms with Crippen molar-refractivity contribution in [2.75, 3.05) is 24.6 Å². The van der Waals surface area contributed by atoms with E-state index in [1.807, 2.05) is 11.8 Å². The van der Waals surface area contributed by atoms with Crippen LogP contribution in [-0.2, 0) is 9.84 Å². The zero-order valence-electron chi connectivity index (χ0n) is 12.3. The van der Waals surface area contributed by atoms with Gasteiger partial charge in [-0.3, -0.25) is 9.48 Å². The Morgan fingerprint density at radius 1 is 1.29 bits per heavy atom. The molecule has 1 amide bonds. The van der Waals surface area contributed by atoms with E-state index in [4.69, 9.17) is 0 Å². The summed E-state index contributed by atoms with van der Waals surface area (Å²) in [6.45, 7) is 3.47. The third kappa shape index (κ3) is 2.97. The number of hydrogen-bond donors (Lipinski definition) is 0. The Morgan fingerprint density at radius 3 is 2.62 bits per heavy atom. The first kappa shape index (κ1) is 14.6. The largest absolute Gasteiger partial charge is 0.337 e. The molecule has 0 radical (unpaired) electrons. The average Bonchev–Trinajstić information content (AvgIpc) is 3.01. The highest BCUT2D eigenvalue weighted by Crippen LogP contribution is 2.25. The number of aromatic nitrogens is 2. The van der Waals surface area contributed by atoms with E-state index in [-0.39, 0.29) is 23.5 Å². The van der Waals surface area contributed by atoms with Crippen molar-refractivity contribution in [3.63, 3.8) is 0 Å². The first-order valence-electron chi connectivity index (χ1n) is 7.52. The van der Waals surface area contributed by atoms with Gasteiger partial charge < -0.3 is 4.90 Å². The van der Waals surface area contributed by atoms with Crippen molar-refractivity contribution < 1.29 is 13.2 Å². The first-order chi connectivity index (χ1) is 9.96. The van der Waals surface area contributed by atoms with Gasteiger partial charge in [0, 0.05) is 18.8 Å². The summed E-state index contributed by atoms with van der Waals surface area (Å²) >= 11 is 0. The first-order valence-corrected chi connectivity index (χ1v) is 9.34. The molecular weight excluding hydrogens is 290 g/mol. The van der Waals surface area contributed by atoms with Gasteiger partial charge in [-0.15, -0.1) is 0 Å². The lowest BCUT2D eigenvalue weighted by Gasteiger charge is -2.25. The third-order valence-corrected chi connectivity index (χ3v) is 6.09. The molecule has 1 aromatic rings. The van der Waals surface area contributed by atoms with Gasteiger partial charge in [-0.2, -0.15) is 5.10 Å². The molecule has 0 N–H and O–H groups in total. The van der Waals surface area contributed by atoms with Crippen molar-refractivity contribution in [3.05, 3.63) is 17.5 Å². The van der Waals surface area contributed by atoms with Crippen molar-refractivity contribution in [3.8, 4) is 0 Å². The van der Waals surface area contributed by atoms with Gasteiger partial charge in [-0.05, 0) is 38.7 Å². The van der Waals surface area contributed by atoms with Crippen LogP contribution >= 0.6 is 0 Å². The van der Waals surface area contributed by atoms with Crippen LogP contribution < -0.4 is 0 Å². The van der Waals surface area contributed by atoms with E-state index < -0.39 is 9.84 Å². The summed E-state index contributed by atoms with van der Waals surface area (Å²) < 4.78 is 24.9. The molecule has 2 fully saturated rings. The second-order valence-electron chi connectivity index (χ2n) is 6.03. The topological polar surface area (TPSA) is 72.3 Å². The lowest BCUT2D eigenvalue weighted by Crippen LogP contribution is -2.35. The zero-order valence-corrected chi connectivity index (χ0v) is 13.1. The number of hydrogen-bond acceptors (Lipinski definition) is 4. The summed E-state index contributed by atoms with van der Waals surface area (Å²) in [4.78, 5) is 14.3. The molecule has 1 unspecified atom stereocenters. The lowest BCUT2D eigenvalue weighted by molar-refractivity contribution is 0.0717. The van der Waals surface area contributed by atoms with E-state index >= 15 is 0 Å². The number of rotatable bonds is 2. The van der Waals surface area contributed by atoms with Gasteiger partial charge in [-0.1, -0.05) is 0 Å². The average molecular weight is 311 g/mol. The van der Waals surface area contributed by atoms with E-state index in [9.17, 15) is 13.2 Å². The van der Waals surface area contributed by atoms with Crippen LogP contribution in [0.1, 0.15) is 47.9 Å². The van der Waals surface area contributed by atoms with E-state index in [1.54, 1.807) is 10.7 Å². The Hall–Kier alpha value is -1.37. The van der Waals surface area contributed by atoms with Crippen LogP contribution in [0.25, 0.3) is 0 Å². The fourth-order valence-corrected chi connectivity index (χ4v) is 4.88. The predicted octanol–water partition coefficient (Wildman–Crippen LogP) is 1.18. The molecule has 0 bridgehead atoms. The second kappa shape index (κ2) is 5.44. The fraction of sp³-hybridized carbons (Fsp3) is 0.714. The highest BCUT2D eigenvalue weighted by molar-refractivity contribution is 7.91. The van der Waals surface area contributed by atoms with Gasteiger partial charge in [-0.25, -0.2) is 8.42 Å². The van der Waals surface area contributed by atoms with Crippen molar-refractivity contribution >= 4 is 15.7 Å². The minimum Gasteiger partial charge on any atom is -0.337 e. The second-order valence-corrected chi connectivity index (χ2v) is 8.25. The molecule has 0 aromatic carbocycles. The van der Waals surface area contributed by atoms with E-state index in [1.165, 1.54) is 6.42 Å². The molecule has 6 nitrogen and oxygen atoms in total. The number of carbonyl (C=O) groups is 1. The predicted molar refractivity (Wildman–Crippen MR) is 79.0 cm³/mol. The summed E-state index contributed by atoms with van der Waals surface area (Å²) in [5, 5.41) is 4.39. The van der Waals surface area contributed by atoms with Crippen LogP contribution in [0.5, 0.6) is 0 Å². The van der Waals surface area contributed by atoms with Gasteiger partial charge in [0.1, 0.15) is 0 Å². The van der Waals surface area contributed by atoms with Gasteiger partial charge in [0.25, 0.3) is 5.91 Å². The van der Waals surface area contributed by atoms with Gasteiger partial charge in [0.05, 0.1) is 17.5 Å². The molecule has 1 atom stereocenters. The molecular formula is C14H21N3O3S. The minimum atomic E-state index is -2.95. The number of piperidine rings is 1. The standard InChI is InChI=1S/C14H21N3O3S/c1-11-9-13(14(18)16-6-3-2-4-7-16)15-17(11)12-5-8-21(19,20)10-12/h9,12H,2-8,10H2,1H3. The molecule has 1 aromatic heterocycles. The zero-order chi connectivity index (χ0) is 15.0. The maximum atomic E-state index is 12.4. The highest BCUT2D eigenvalue weighted by Gasteiger charge is 2.31. The number of carbonyl (C=O) groups excluding carboxylic acids is 1. The van der Waals surface area contributed by atoms with Gasteiger partial charge in [0.15, 0.2) is 15.5 Å². The molecule has 21 heavy (non-hydrogen) atoms. The fourth-order valence-electron chi connectivity index (χ4n) is 3.19. The number of sulfone groups is 1. The number of aryl methyl sites for hydroxylation is 1. The van der Waals surface area contributed by atoms with E-state index in [2.05, 4.69) is 5.10 Å². The van der Waals surface area contributed by atoms with Crippen LogP contribution in [-0.4, -0.2) is 53.6 Å². The van der Waals surface area contributed by atoms with Crippen molar-refractivity contribution in [1.82, 2.24) is 14.7 Å². The van der Waals surface area contributed by atoms with E-state index in [0.29, 0.717) is 12.1 Å². The van der Waals surface area contributed by atoms with Crippen molar-refractivity contribution in [2.24, 2.45) is 0 Å². The Labute approximate surface area is 125 Å². The molecule has 0 saturated carbocycles. The summed E-state index contributed by atoms with van der Waals surface area (Å²) in [6.07, 6.45) is 3.86. The van der Waals surface area contributed by atoms with Crippen molar-refractivity contribution in [1.29, 1.82) is 0 Å². The molecule has 7 heteroatoms. The molecule has 2 saturated heterocycles. The van der Waals surface area contributed by atoms with Crippen molar-refractivity contribution in [2.45, 2.75) is 38.6 Å². The van der Waals surface area contributed by atoms with Gasteiger partial charge in [0.2, 0.25) is 0 Å². The smallest absolute Gasteiger partial charge is 0.274 e. The monoisotopic (exact) mass is 311 g/mol. The van der Waals surface area contributed by atoms with Crippen LogP contribution in [0, 0.1) is 6.92 Å². The summed E-state index contributed by atoms with van der Waals surface area (Å²) in [5.74, 6) is 0.316. The number of amides is 1. The van der Waals surface area contributed by atoms with Crippen LogP contribution in [0.4, 0.5) is 0 Å². The maximum absolute atomic E-state index is 12.4. The molecule has 3 rings (SSSR count). The van der Waals surface area contributed by atoms with Gasteiger partial charge >= 0.3 is 0 Å². The number of nitrogens with zero attached hydrogens (tertiary/aromatic N) is 3. The molecule has 116 valence electrons. The minimum absolute atomic E-state index is 0.0302. The highest BCUT2D eigenvalue weighted by atomic mass is 32.2. The summed E-state index contributed by atoms with van der Waals surface area (Å²) in [6, 6.07) is 1.65. The SMILES string of the molecule is Cc1cc(C(=O)N2CCCCC2)nn1C1CCS(=O)(=O)C1. The third-order valence-electron chi connectivity index (χ3n) is 4.34. The number of likely N-dealkylation sites (tertiary alicyclic amines) is 1. The molecule has 2 aliphatic heterocycles. The van der Waals surface area contributed by atoms with Crippen LogP contribution in [0.15, 0.2) is 6.07 Å².